The monoisotopic (exact) mass is 247 g/mol. The highest BCUT2D eigenvalue weighted by molar-refractivity contribution is 5.25. The van der Waals surface area contributed by atoms with Gasteiger partial charge in [0.2, 0.25) is 0 Å². The first-order valence-corrected chi connectivity index (χ1v) is 7.09. The highest BCUT2D eigenvalue weighted by Crippen LogP contribution is 2.27. The zero-order chi connectivity index (χ0) is 12.8. The summed E-state index contributed by atoms with van der Waals surface area (Å²) in [4.78, 5) is 6.80. The molecule has 1 aliphatic carbocycles. The molecule has 1 aliphatic rings. The lowest BCUT2D eigenvalue weighted by Crippen LogP contribution is -2.27. The van der Waals surface area contributed by atoms with E-state index >= 15 is 0 Å². The molecule has 0 amide bonds. The molecule has 0 radical (unpaired) electrons. The number of hydrogen-bond acceptors (Lipinski definition) is 3. The number of hydrogen-bond donors (Lipinski definition) is 1. The van der Waals surface area contributed by atoms with E-state index in [4.69, 9.17) is 0 Å². The normalized spacial score (nSPS) is 18.9. The van der Waals surface area contributed by atoms with Gasteiger partial charge in [-0.2, -0.15) is 0 Å². The third-order valence-corrected chi connectivity index (χ3v) is 3.62. The van der Waals surface area contributed by atoms with Crippen molar-refractivity contribution in [3.63, 3.8) is 0 Å². The van der Waals surface area contributed by atoms with Crippen LogP contribution in [-0.2, 0) is 6.42 Å². The van der Waals surface area contributed by atoms with Crippen LogP contribution in [0.5, 0.6) is 0 Å². The van der Waals surface area contributed by atoms with E-state index in [0.717, 1.165) is 6.54 Å². The molecule has 1 atom stereocenters. The van der Waals surface area contributed by atoms with Crippen molar-refractivity contribution in [2.45, 2.75) is 38.1 Å². The van der Waals surface area contributed by atoms with E-state index in [1.807, 2.05) is 6.20 Å². The van der Waals surface area contributed by atoms with Crippen molar-refractivity contribution in [3.8, 4) is 0 Å². The summed E-state index contributed by atoms with van der Waals surface area (Å²) in [6, 6.07) is 4.76. The summed E-state index contributed by atoms with van der Waals surface area (Å²) >= 11 is 0. The van der Waals surface area contributed by atoms with E-state index in [1.54, 1.807) is 0 Å². The molecule has 0 spiro atoms. The van der Waals surface area contributed by atoms with Crippen LogP contribution in [0.2, 0.25) is 0 Å². The molecule has 1 aromatic rings. The Morgan fingerprint density at radius 1 is 1.39 bits per heavy atom. The summed E-state index contributed by atoms with van der Waals surface area (Å²) < 4.78 is 0. The number of aryl methyl sites for hydroxylation is 1. The molecular weight excluding hydrogens is 222 g/mol. The van der Waals surface area contributed by atoms with E-state index in [2.05, 4.69) is 41.4 Å². The Bertz CT molecular complexity index is 363. The quantitative estimate of drug-likeness (QED) is 0.782. The molecule has 1 heterocycles. The first-order valence-electron chi connectivity index (χ1n) is 7.09. The second-order valence-electron chi connectivity index (χ2n) is 5.46. The smallest absolute Gasteiger partial charge is 0.0605 e. The van der Waals surface area contributed by atoms with Crippen molar-refractivity contribution in [2.24, 2.45) is 0 Å². The van der Waals surface area contributed by atoms with Gasteiger partial charge in [-0.15, -0.1) is 0 Å². The Kier molecular flexibility index (Phi) is 5.14. The Hall–Kier alpha value is -0.930. The molecule has 2 rings (SSSR count). The number of unbranched alkanes of at least 4 members (excludes halogenated alkanes) is 1. The molecule has 0 bridgehead atoms. The molecule has 0 saturated heterocycles. The van der Waals surface area contributed by atoms with Crippen LogP contribution in [0.3, 0.4) is 0 Å². The van der Waals surface area contributed by atoms with Gasteiger partial charge in [0.25, 0.3) is 0 Å². The number of rotatable bonds is 6. The molecule has 0 fully saturated rings. The molecule has 1 aromatic heterocycles. The van der Waals surface area contributed by atoms with Gasteiger partial charge in [-0.1, -0.05) is 6.07 Å². The number of aromatic nitrogens is 1. The van der Waals surface area contributed by atoms with Gasteiger partial charge in [0, 0.05) is 12.2 Å². The van der Waals surface area contributed by atoms with Crippen molar-refractivity contribution >= 4 is 0 Å². The van der Waals surface area contributed by atoms with Crippen molar-refractivity contribution in [2.75, 3.05) is 27.2 Å². The zero-order valence-electron chi connectivity index (χ0n) is 11.7. The Labute approximate surface area is 111 Å². The van der Waals surface area contributed by atoms with E-state index in [9.17, 15) is 0 Å². The van der Waals surface area contributed by atoms with Crippen LogP contribution in [0, 0.1) is 0 Å². The van der Waals surface area contributed by atoms with Gasteiger partial charge < -0.3 is 10.2 Å². The first-order chi connectivity index (χ1) is 8.77. The minimum atomic E-state index is 0.481. The highest BCUT2D eigenvalue weighted by Gasteiger charge is 2.20. The number of pyridine rings is 1. The molecule has 1 N–H and O–H groups in total. The fraction of sp³-hybridized carbons (Fsp3) is 0.667. The minimum absolute atomic E-state index is 0.481. The van der Waals surface area contributed by atoms with Crippen molar-refractivity contribution in [3.05, 3.63) is 29.6 Å². The summed E-state index contributed by atoms with van der Waals surface area (Å²) in [6.07, 6.45) is 8.15. The van der Waals surface area contributed by atoms with E-state index in [1.165, 1.54) is 49.9 Å². The second kappa shape index (κ2) is 6.86. The minimum Gasteiger partial charge on any atom is -0.309 e. The topological polar surface area (TPSA) is 28.2 Å². The van der Waals surface area contributed by atoms with E-state index in [-0.39, 0.29) is 0 Å². The van der Waals surface area contributed by atoms with Crippen LogP contribution in [0.1, 0.15) is 43.0 Å². The fourth-order valence-corrected chi connectivity index (χ4v) is 2.64. The van der Waals surface area contributed by atoms with Gasteiger partial charge in [0.05, 0.1) is 5.69 Å². The van der Waals surface area contributed by atoms with Gasteiger partial charge in [-0.25, -0.2) is 0 Å². The van der Waals surface area contributed by atoms with Gasteiger partial charge in [-0.05, 0) is 70.9 Å². The third-order valence-electron chi connectivity index (χ3n) is 3.62. The van der Waals surface area contributed by atoms with Crippen molar-refractivity contribution < 1.29 is 0 Å². The van der Waals surface area contributed by atoms with Gasteiger partial charge in [-0.3, -0.25) is 4.98 Å². The fourth-order valence-electron chi connectivity index (χ4n) is 2.64. The predicted octanol–water partition coefficient (Wildman–Crippen LogP) is 2.39. The molecule has 100 valence electrons. The van der Waals surface area contributed by atoms with Crippen LogP contribution in [0.4, 0.5) is 0 Å². The van der Waals surface area contributed by atoms with Crippen molar-refractivity contribution in [1.82, 2.24) is 15.2 Å². The standard InChI is InChI=1S/C15H25N3/c1-18(2)12-4-3-10-16-14-9-5-7-13-8-6-11-17-15(13)14/h6,8,11,14,16H,3-5,7,9-10,12H2,1-2H3/t14-/m0/s1. The van der Waals surface area contributed by atoms with Gasteiger partial charge in [0.15, 0.2) is 0 Å². The lowest BCUT2D eigenvalue weighted by atomic mass is 9.92. The summed E-state index contributed by atoms with van der Waals surface area (Å²) in [7, 11) is 4.27. The number of nitrogens with zero attached hydrogens (tertiary/aromatic N) is 2. The van der Waals surface area contributed by atoms with Gasteiger partial charge >= 0.3 is 0 Å². The van der Waals surface area contributed by atoms with Crippen LogP contribution >= 0.6 is 0 Å². The first kappa shape index (κ1) is 13.5. The third kappa shape index (κ3) is 3.79. The number of fused-ring (bicyclic) bond motifs is 1. The molecule has 3 heteroatoms. The summed E-state index contributed by atoms with van der Waals surface area (Å²) in [5.41, 5.74) is 2.73. The van der Waals surface area contributed by atoms with E-state index in [0.29, 0.717) is 6.04 Å². The molecule has 18 heavy (non-hydrogen) atoms. The molecule has 0 aliphatic heterocycles. The lowest BCUT2D eigenvalue weighted by Gasteiger charge is -2.25. The van der Waals surface area contributed by atoms with E-state index < -0.39 is 0 Å². The number of nitrogens with one attached hydrogen (secondary N) is 1. The molecular formula is C15H25N3. The molecule has 0 saturated carbocycles. The lowest BCUT2D eigenvalue weighted by molar-refractivity contribution is 0.382. The average molecular weight is 247 g/mol. The summed E-state index contributed by atoms with van der Waals surface area (Å²) in [5, 5.41) is 3.67. The Balaban J connectivity index is 1.77. The molecule has 0 aromatic carbocycles. The Morgan fingerprint density at radius 2 is 2.28 bits per heavy atom. The van der Waals surface area contributed by atoms with Crippen LogP contribution < -0.4 is 5.32 Å². The summed E-state index contributed by atoms with van der Waals surface area (Å²) in [5.74, 6) is 0. The average Bonchev–Trinajstić information content (AvgIpc) is 2.38. The van der Waals surface area contributed by atoms with Gasteiger partial charge in [0.1, 0.15) is 0 Å². The largest absolute Gasteiger partial charge is 0.309 e. The van der Waals surface area contributed by atoms with Crippen LogP contribution in [-0.4, -0.2) is 37.1 Å². The summed E-state index contributed by atoms with van der Waals surface area (Å²) in [6.45, 7) is 2.29. The SMILES string of the molecule is CN(C)CCCCN[C@H]1CCCc2cccnc21. The maximum atomic E-state index is 4.56. The van der Waals surface area contributed by atoms with Crippen LogP contribution in [0.25, 0.3) is 0 Å². The zero-order valence-corrected chi connectivity index (χ0v) is 11.7. The molecule has 3 nitrogen and oxygen atoms in total. The highest BCUT2D eigenvalue weighted by atomic mass is 15.0. The second-order valence-corrected chi connectivity index (χ2v) is 5.46. The maximum Gasteiger partial charge on any atom is 0.0605 e. The maximum absolute atomic E-state index is 4.56. The Morgan fingerprint density at radius 3 is 3.11 bits per heavy atom. The molecule has 0 unspecified atom stereocenters. The van der Waals surface area contributed by atoms with Crippen molar-refractivity contribution in [1.29, 1.82) is 0 Å². The van der Waals surface area contributed by atoms with Crippen LogP contribution in [0.15, 0.2) is 18.3 Å². The predicted molar refractivity (Wildman–Crippen MR) is 75.7 cm³/mol.